The lowest BCUT2D eigenvalue weighted by Gasteiger charge is -2.59. The molecule has 0 radical (unpaired) electrons. The topological polar surface area (TPSA) is 63.3 Å². The highest BCUT2D eigenvalue weighted by Gasteiger charge is 2.54. The first-order valence-electron chi connectivity index (χ1n) is 14.5. The van der Waals surface area contributed by atoms with Crippen LogP contribution in [0.15, 0.2) is 33.9 Å². The molecule has 1 aromatic heterocycles. The highest BCUT2D eigenvalue weighted by atomic mass is 32.2. The van der Waals surface area contributed by atoms with Crippen LogP contribution in [0.4, 0.5) is 0 Å². The van der Waals surface area contributed by atoms with Crippen LogP contribution in [0.5, 0.6) is 0 Å². The summed E-state index contributed by atoms with van der Waals surface area (Å²) in [6.07, 6.45) is 14.3. The molecular formula is C31H45NO3S. The average Bonchev–Trinajstić information content (AvgIpc) is 3.29. The van der Waals surface area contributed by atoms with Crippen molar-refractivity contribution in [1.82, 2.24) is 4.98 Å². The lowest BCUT2D eigenvalue weighted by atomic mass is 9.46. The number of para-hydroxylation sites is 2. The molecule has 0 aliphatic heterocycles. The number of aliphatic hydroxyl groups is 1. The first-order chi connectivity index (χ1) is 17.3. The zero-order valence-electron chi connectivity index (χ0n) is 22.5. The van der Waals surface area contributed by atoms with E-state index in [0.29, 0.717) is 28.1 Å². The van der Waals surface area contributed by atoms with Crippen LogP contribution < -0.4 is 0 Å². The minimum Gasteiger partial charge on any atom is -0.431 e. The van der Waals surface area contributed by atoms with Gasteiger partial charge in [0, 0.05) is 5.92 Å². The van der Waals surface area contributed by atoms with Crippen LogP contribution in [-0.2, 0) is 4.79 Å². The number of nitrogens with zero attached hydrogens (tertiary/aromatic N) is 1. The summed E-state index contributed by atoms with van der Waals surface area (Å²) < 4.78 is 5.79. The van der Waals surface area contributed by atoms with Gasteiger partial charge in [-0.2, -0.15) is 0 Å². The second-order valence-corrected chi connectivity index (χ2v) is 13.6. The third-order valence-corrected chi connectivity index (χ3v) is 11.3. The zero-order chi connectivity index (χ0) is 25.3. The van der Waals surface area contributed by atoms with Crippen molar-refractivity contribution in [3.8, 4) is 0 Å². The minimum absolute atomic E-state index is 0.148. The van der Waals surface area contributed by atoms with Gasteiger partial charge in [-0.25, -0.2) is 4.98 Å². The summed E-state index contributed by atoms with van der Waals surface area (Å²) in [6, 6.07) is 7.77. The van der Waals surface area contributed by atoms with Gasteiger partial charge in [0.15, 0.2) is 5.58 Å². The molecule has 5 heteroatoms. The molecule has 198 valence electrons. The molecule has 1 N–H and O–H groups in total. The summed E-state index contributed by atoms with van der Waals surface area (Å²) in [6.45, 7) is 6.77. The molecule has 3 fully saturated rings. The van der Waals surface area contributed by atoms with Gasteiger partial charge >= 0.3 is 0 Å². The number of rotatable bonds is 9. The van der Waals surface area contributed by atoms with Crippen LogP contribution in [0.25, 0.3) is 11.1 Å². The minimum atomic E-state index is -0.453. The van der Waals surface area contributed by atoms with E-state index in [9.17, 15) is 9.90 Å². The van der Waals surface area contributed by atoms with Gasteiger partial charge in [0.05, 0.1) is 11.4 Å². The summed E-state index contributed by atoms with van der Waals surface area (Å²) in [5, 5.41) is 11.3. The number of aromatic nitrogens is 1. The molecule has 1 heterocycles. The summed E-state index contributed by atoms with van der Waals surface area (Å²) in [5.41, 5.74) is 1.61. The highest BCUT2D eigenvalue weighted by Crippen LogP contribution is 2.61. The summed E-state index contributed by atoms with van der Waals surface area (Å²) in [5.74, 6) is 4.15. The maximum absolute atomic E-state index is 13.0. The normalized spacial score (nSPS) is 35.2. The van der Waals surface area contributed by atoms with Crippen molar-refractivity contribution < 1.29 is 14.3 Å². The number of carbonyl (C=O) groups excluding carboxylic acids is 1. The maximum atomic E-state index is 13.0. The quantitative estimate of drug-likeness (QED) is 0.345. The summed E-state index contributed by atoms with van der Waals surface area (Å²) >= 11 is 1.44. The fraction of sp³-hybridized carbons (Fsp3) is 0.742. The van der Waals surface area contributed by atoms with E-state index in [1.165, 1.54) is 63.1 Å². The van der Waals surface area contributed by atoms with E-state index < -0.39 is 5.60 Å². The van der Waals surface area contributed by atoms with Gasteiger partial charge in [-0.3, -0.25) is 4.79 Å². The number of Topliss-reactive ketones (excluding diaryl/α,β-unsaturated/α-hetero) is 1. The Hall–Kier alpha value is -1.33. The Labute approximate surface area is 221 Å². The van der Waals surface area contributed by atoms with Crippen LogP contribution in [0.2, 0.25) is 0 Å². The Morgan fingerprint density at radius 3 is 2.83 bits per heavy atom. The van der Waals surface area contributed by atoms with Gasteiger partial charge < -0.3 is 9.52 Å². The van der Waals surface area contributed by atoms with Gasteiger partial charge in [0.25, 0.3) is 5.22 Å². The van der Waals surface area contributed by atoms with Gasteiger partial charge in [-0.05, 0) is 99.5 Å². The molecule has 3 saturated carbocycles. The van der Waals surface area contributed by atoms with Crippen molar-refractivity contribution in [2.24, 2.45) is 35.0 Å². The van der Waals surface area contributed by atoms with Crippen molar-refractivity contribution >= 4 is 28.6 Å². The number of thioether (sulfide) groups is 1. The first kappa shape index (κ1) is 26.3. The van der Waals surface area contributed by atoms with E-state index >= 15 is 0 Å². The third-order valence-electron chi connectivity index (χ3n) is 10.4. The number of fused-ring (bicyclic) bond motifs is 4. The van der Waals surface area contributed by atoms with E-state index in [-0.39, 0.29) is 5.92 Å². The molecular weight excluding hydrogens is 466 g/mol. The number of ketones is 1. The fourth-order valence-corrected chi connectivity index (χ4v) is 9.09. The molecule has 0 saturated heterocycles. The smallest absolute Gasteiger partial charge is 0.257 e. The molecule has 1 aromatic carbocycles. The molecule has 0 amide bonds. The Kier molecular flexibility index (Phi) is 7.89. The Bertz CT molecular complexity index is 1010. The lowest BCUT2D eigenvalue weighted by molar-refractivity contribution is -0.128. The lowest BCUT2D eigenvalue weighted by Crippen LogP contribution is -2.52. The Morgan fingerprint density at radius 2 is 2.03 bits per heavy atom. The molecule has 36 heavy (non-hydrogen) atoms. The first-order valence-corrected chi connectivity index (χ1v) is 15.5. The summed E-state index contributed by atoms with van der Waals surface area (Å²) in [4.78, 5) is 17.5. The number of hydrogen-bond acceptors (Lipinski definition) is 5. The van der Waals surface area contributed by atoms with Crippen LogP contribution >= 0.6 is 11.8 Å². The Morgan fingerprint density at radius 1 is 1.19 bits per heavy atom. The SMILES string of the molecule is CC[C@H](CCC[C@@H]1CCC[C@H]2[C@H]1CC[C@H]1C[C@](C)(O)CC[C@@]12C)C(=O)CSc1nc2ccccc2o1. The van der Waals surface area contributed by atoms with Crippen molar-refractivity contribution in [2.45, 2.75) is 109 Å². The van der Waals surface area contributed by atoms with Crippen LogP contribution in [0.1, 0.15) is 97.8 Å². The second kappa shape index (κ2) is 10.8. The van der Waals surface area contributed by atoms with E-state index in [1.807, 2.05) is 24.3 Å². The molecule has 7 atom stereocenters. The van der Waals surface area contributed by atoms with Crippen molar-refractivity contribution in [2.75, 3.05) is 5.75 Å². The van der Waals surface area contributed by atoms with E-state index in [0.717, 1.165) is 54.5 Å². The second-order valence-electron chi connectivity index (χ2n) is 12.7. The van der Waals surface area contributed by atoms with Gasteiger partial charge in [0.1, 0.15) is 11.3 Å². The Balaban J connectivity index is 1.12. The molecule has 2 aromatic rings. The molecule has 3 aliphatic carbocycles. The van der Waals surface area contributed by atoms with E-state index in [1.54, 1.807) is 0 Å². The standard InChI is InChI=1S/C31H45NO3S/c1-4-21(27(33)20-36-29-32-26-13-5-6-14-28(26)35-29)9-7-10-22-11-8-12-25-24(22)16-15-23-19-30(2,34)17-18-31(23,25)3/h5-6,13-14,21-25,34H,4,7-12,15-20H2,1-3H3/t21-,22-,23+,24+,25+,30-,31+/m1/s1. The molecule has 4 nitrogen and oxygen atoms in total. The zero-order valence-corrected chi connectivity index (χ0v) is 23.3. The number of carbonyl (C=O) groups is 1. The average molecular weight is 512 g/mol. The van der Waals surface area contributed by atoms with E-state index in [2.05, 4.69) is 25.8 Å². The summed E-state index contributed by atoms with van der Waals surface area (Å²) in [7, 11) is 0. The molecule has 0 bridgehead atoms. The van der Waals surface area contributed by atoms with Gasteiger partial charge in [-0.15, -0.1) is 0 Å². The fourth-order valence-electron chi connectivity index (χ4n) is 8.28. The van der Waals surface area contributed by atoms with Gasteiger partial charge in [-0.1, -0.05) is 63.4 Å². The van der Waals surface area contributed by atoms with Crippen LogP contribution in [-0.4, -0.2) is 27.2 Å². The van der Waals surface area contributed by atoms with Crippen molar-refractivity contribution in [3.63, 3.8) is 0 Å². The molecule has 0 unspecified atom stereocenters. The predicted octanol–water partition coefficient (Wildman–Crippen LogP) is 8.07. The van der Waals surface area contributed by atoms with Gasteiger partial charge in [0.2, 0.25) is 0 Å². The third kappa shape index (κ3) is 5.43. The molecule has 5 rings (SSSR count). The van der Waals surface area contributed by atoms with Crippen LogP contribution in [0.3, 0.4) is 0 Å². The monoisotopic (exact) mass is 511 g/mol. The highest BCUT2D eigenvalue weighted by molar-refractivity contribution is 7.99. The van der Waals surface area contributed by atoms with Crippen molar-refractivity contribution in [1.29, 1.82) is 0 Å². The largest absolute Gasteiger partial charge is 0.431 e. The van der Waals surface area contributed by atoms with Crippen molar-refractivity contribution in [3.05, 3.63) is 24.3 Å². The number of benzene rings is 1. The van der Waals surface area contributed by atoms with E-state index in [4.69, 9.17) is 4.42 Å². The number of oxazole rings is 1. The maximum Gasteiger partial charge on any atom is 0.257 e. The number of hydrogen-bond donors (Lipinski definition) is 1. The molecule has 0 spiro atoms. The molecule has 3 aliphatic rings. The predicted molar refractivity (Wildman–Crippen MR) is 147 cm³/mol. The van der Waals surface area contributed by atoms with Crippen LogP contribution in [0, 0.1) is 35.0 Å².